The summed E-state index contributed by atoms with van der Waals surface area (Å²) in [6.07, 6.45) is 1.92. The molecule has 0 bridgehead atoms. The van der Waals surface area contributed by atoms with Gasteiger partial charge in [-0.05, 0) is 158 Å². The zero-order valence-electron chi connectivity index (χ0n) is 44.9. The van der Waals surface area contributed by atoms with Crippen molar-refractivity contribution in [2.45, 2.75) is 26.2 Å². The lowest BCUT2D eigenvalue weighted by Crippen LogP contribution is -2.12. The Hall–Kier alpha value is -10.2. The van der Waals surface area contributed by atoms with Crippen LogP contribution in [0.1, 0.15) is 26.3 Å². The maximum absolute atomic E-state index is 6.76. The molecular formula is C75H58N4O. The molecule has 11 aromatic carbocycles. The summed E-state index contributed by atoms with van der Waals surface area (Å²) in [7, 11) is 0. The van der Waals surface area contributed by atoms with Gasteiger partial charge >= 0.3 is 0 Å². The molecule has 0 aliphatic rings. The minimum atomic E-state index is -0.0289. The molecule has 13 rings (SSSR count). The van der Waals surface area contributed by atoms with Crippen LogP contribution < -0.4 is 15.4 Å². The SMILES string of the molecule is CC(C)(C)c1ccnc(-n2c3ccccc3c3ccc(Oc4cccc(Nc5ccccc5Nc5c(-c6cc(-c7ccccc7)cc(-c7ccccc7)c6)cccc5-c5cc(-c6ccccc6)cc(-c6ccccc6)c5)c4)cc32)c1. The van der Waals surface area contributed by atoms with Gasteiger partial charge in [0.2, 0.25) is 0 Å². The number of rotatable bonds is 13. The smallest absolute Gasteiger partial charge is 0.137 e. The minimum Gasteiger partial charge on any atom is -0.457 e. The van der Waals surface area contributed by atoms with E-state index in [1.807, 2.05) is 18.3 Å². The Kier molecular flexibility index (Phi) is 13.1. The van der Waals surface area contributed by atoms with Crippen LogP contribution in [0.5, 0.6) is 11.5 Å². The highest BCUT2D eigenvalue weighted by atomic mass is 16.5. The maximum atomic E-state index is 6.76. The standard InChI is InChI=1S/C75H58N4O/c1-75(2,3)61-40-41-76-73(48-61)79-71-37-19-16-32-67(71)68-39-38-64(50-72(68)79)80-63-31-20-30-62(49-63)77-69-35-17-18-36-70(69)78-74-65(59-44-55(51-22-8-4-9-23-51)42-56(45-59)52-24-10-5-11-25-52)33-21-34-66(74)60-46-57(53-26-12-6-13-27-53)43-58(47-60)54-28-14-7-15-29-54/h4-50,77-78H,1-3H3. The number of hydrogen-bond donors (Lipinski definition) is 2. The van der Waals surface area contributed by atoms with Gasteiger partial charge in [0, 0.05) is 45.9 Å². The molecule has 13 aromatic rings. The van der Waals surface area contributed by atoms with Gasteiger partial charge in [0.05, 0.1) is 28.1 Å². The summed E-state index contributed by atoms with van der Waals surface area (Å²) in [5.41, 5.74) is 20.6. The van der Waals surface area contributed by atoms with Crippen molar-refractivity contribution in [3.63, 3.8) is 0 Å². The van der Waals surface area contributed by atoms with Gasteiger partial charge < -0.3 is 15.4 Å². The third-order valence-electron chi connectivity index (χ3n) is 15.0. The predicted molar refractivity (Wildman–Crippen MR) is 336 cm³/mol. The third kappa shape index (κ3) is 10.1. The highest BCUT2D eigenvalue weighted by Crippen LogP contribution is 2.45. The predicted octanol–water partition coefficient (Wildman–Crippen LogP) is 20.8. The molecule has 5 heteroatoms. The first kappa shape index (κ1) is 49.3. The fraction of sp³-hybridized carbons (Fsp3) is 0.0533. The summed E-state index contributed by atoms with van der Waals surface area (Å²) in [5, 5.41) is 10.2. The number of hydrogen-bond acceptors (Lipinski definition) is 4. The minimum absolute atomic E-state index is 0.0289. The Morgan fingerprint density at radius 3 is 1.36 bits per heavy atom. The van der Waals surface area contributed by atoms with Crippen molar-refractivity contribution in [3.05, 3.63) is 291 Å². The van der Waals surface area contributed by atoms with E-state index in [0.29, 0.717) is 5.75 Å². The van der Waals surface area contributed by atoms with E-state index in [1.165, 1.54) is 10.9 Å². The van der Waals surface area contributed by atoms with Gasteiger partial charge in [-0.1, -0.05) is 197 Å². The van der Waals surface area contributed by atoms with E-state index in [4.69, 9.17) is 9.72 Å². The number of aromatic nitrogens is 2. The zero-order valence-corrected chi connectivity index (χ0v) is 44.9. The van der Waals surface area contributed by atoms with E-state index < -0.39 is 0 Å². The molecule has 0 fully saturated rings. The molecule has 2 heterocycles. The highest BCUT2D eigenvalue weighted by molar-refractivity contribution is 6.09. The molecular weight excluding hydrogens is 973 g/mol. The second-order valence-electron chi connectivity index (χ2n) is 21.4. The van der Waals surface area contributed by atoms with Gasteiger partial charge in [-0.15, -0.1) is 0 Å². The van der Waals surface area contributed by atoms with E-state index in [2.05, 4.69) is 303 Å². The van der Waals surface area contributed by atoms with Crippen molar-refractivity contribution >= 4 is 44.6 Å². The number of anilines is 4. The van der Waals surface area contributed by atoms with Crippen molar-refractivity contribution in [2.75, 3.05) is 10.6 Å². The molecule has 0 atom stereocenters. The monoisotopic (exact) mass is 1030 g/mol. The largest absolute Gasteiger partial charge is 0.457 e. The maximum Gasteiger partial charge on any atom is 0.137 e. The number of para-hydroxylation sites is 4. The molecule has 0 radical (unpaired) electrons. The van der Waals surface area contributed by atoms with Crippen LogP contribution in [0, 0.1) is 0 Å². The van der Waals surface area contributed by atoms with E-state index in [0.717, 1.165) is 117 Å². The number of pyridine rings is 1. The van der Waals surface area contributed by atoms with Crippen LogP contribution in [-0.4, -0.2) is 9.55 Å². The number of nitrogens with one attached hydrogen (secondary N) is 2. The molecule has 2 N–H and O–H groups in total. The molecule has 5 nitrogen and oxygen atoms in total. The Bertz CT molecular complexity index is 4090. The zero-order chi connectivity index (χ0) is 54.0. The van der Waals surface area contributed by atoms with E-state index in [9.17, 15) is 0 Å². The first-order valence-electron chi connectivity index (χ1n) is 27.3. The third-order valence-corrected chi connectivity index (χ3v) is 15.0. The number of benzene rings is 11. The van der Waals surface area contributed by atoms with Gasteiger partial charge in [-0.25, -0.2) is 4.98 Å². The van der Waals surface area contributed by atoms with Crippen molar-refractivity contribution in [3.8, 4) is 84.1 Å². The fourth-order valence-electron chi connectivity index (χ4n) is 11.0. The van der Waals surface area contributed by atoms with Gasteiger partial charge in [-0.2, -0.15) is 0 Å². The van der Waals surface area contributed by atoms with Crippen LogP contribution in [0.25, 0.3) is 94.4 Å². The van der Waals surface area contributed by atoms with Crippen molar-refractivity contribution in [1.29, 1.82) is 0 Å². The molecule has 0 aliphatic carbocycles. The Morgan fingerprint density at radius 1 is 0.350 bits per heavy atom. The van der Waals surface area contributed by atoms with Crippen LogP contribution in [0.15, 0.2) is 285 Å². The second kappa shape index (κ2) is 21.3. The molecule has 0 amide bonds. The molecule has 0 spiro atoms. The summed E-state index contributed by atoms with van der Waals surface area (Å²) in [4.78, 5) is 4.90. The first-order chi connectivity index (χ1) is 39.3. The summed E-state index contributed by atoms with van der Waals surface area (Å²) in [6, 6.07) is 99.1. The Balaban J connectivity index is 0.905. The number of nitrogens with zero attached hydrogens (tertiary/aromatic N) is 2. The number of fused-ring (bicyclic) bond motifs is 3. The average molecular weight is 1030 g/mol. The van der Waals surface area contributed by atoms with Crippen molar-refractivity contribution in [1.82, 2.24) is 9.55 Å². The molecule has 80 heavy (non-hydrogen) atoms. The first-order valence-corrected chi connectivity index (χ1v) is 27.3. The van der Waals surface area contributed by atoms with Crippen LogP contribution in [-0.2, 0) is 5.41 Å². The lowest BCUT2D eigenvalue weighted by Gasteiger charge is -2.22. The summed E-state index contributed by atoms with van der Waals surface area (Å²) >= 11 is 0. The van der Waals surface area contributed by atoms with Gasteiger partial charge in [0.1, 0.15) is 17.3 Å². The summed E-state index contributed by atoms with van der Waals surface area (Å²) in [6.45, 7) is 6.71. The normalized spacial score (nSPS) is 11.4. The van der Waals surface area contributed by atoms with Gasteiger partial charge in [0.15, 0.2) is 0 Å². The lowest BCUT2D eigenvalue weighted by atomic mass is 9.88. The van der Waals surface area contributed by atoms with Crippen LogP contribution >= 0.6 is 0 Å². The molecule has 0 aliphatic heterocycles. The fourth-order valence-corrected chi connectivity index (χ4v) is 11.0. The quantitative estimate of drug-likeness (QED) is 0.121. The average Bonchev–Trinajstić information content (AvgIpc) is 4.09. The summed E-state index contributed by atoms with van der Waals surface area (Å²) < 4.78 is 9.01. The van der Waals surface area contributed by atoms with E-state index in [1.54, 1.807) is 0 Å². The van der Waals surface area contributed by atoms with Crippen LogP contribution in [0.3, 0.4) is 0 Å². The Morgan fingerprint density at radius 2 is 0.812 bits per heavy atom. The molecule has 0 unspecified atom stereocenters. The highest BCUT2D eigenvalue weighted by Gasteiger charge is 2.21. The van der Waals surface area contributed by atoms with E-state index in [-0.39, 0.29) is 5.41 Å². The molecule has 2 aromatic heterocycles. The van der Waals surface area contributed by atoms with Crippen molar-refractivity contribution < 1.29 is 4.74 Å². The lowest BCUT2D eigenvalue weighted by molar-refractivity contribution is 0.483. The van der Waals surface area contributed by atoms with Crippen molar-refractivity contribution in [2.24, 2.45) is 0 Å². The van der Waals surface area contributed by atoms with Crippen LogP contribution in [0.2, 0.25) is 0 Å². The topological polar surface area (TPSA) is 51.1 Å². The second-order valence-corrected chi connectivity index (χ2v) is 21.4. The summed E-state index contributed by atoms with van der Waals surface area (Å²) in [5.74, 6) is 2.32. The van der Waals surface area contributed by atoms with E-state index >= 15 is 0 Å². The van der Waals surface area contributed by atoms with Gasteiger partial charge in [-0.3, -0.25) is 4.57 Å². The van der Waals surface area contributed by atoms with Gasteiger partial charge in [0.25, 0.3) is 0 Å². The Labute approximate surface area is 468 Å². The molecule has 384 valence electrons. The number of ether oxygens (including phenoxy) is 1. The molecule has 0 saturated heterocycles. The molecule has 0 saturated carbocycles. The van der Waals surface area contributed by atoms with Crippen LogP contribution in [0.4, 0.5) is 22.7 Å².